The van der Waals surface area contributed by atoms with Crippen molar-refractivity contribution in [3.05, 3.63) is 0 Å². The summed E-state index contributed by atoms with van der Waals surface area (Å²) in [5.41, 5.74) is -0.224. The van der Waals surface area contributed by atoms with Crippen LogP contribution in [0.15, 0.2) is 0 Å². The van der Waals surface area contributed by atoms with Crippen LogP contribution in [0.4, 0.5) is 4.79 Å². The highest BCUT2D eigenvalue weighted by atomic mass is 32.2. The summed E-state index contributed by atoms with van der Waals surface area (Å²) in [5, 5.41) is 2.91. The first-order chi connectivity index (χ1) is 9.84. The van der Waals surface area contributed by atoms with Gasteiger partial charge in [-0.2, -0.15) is 0 Å². The molecule has 0 bridgehead atoms. The van der Waals surface area contributed by atoms with Crippen molar-refractivity contribution in [3.8, 4) is 0 Å². The quantitative estimate of drug-likeness (QED) is 0.793. The van der Waals surface area contributed by atoms with Gasteiger partial charge in [-0.25, -0.2) is 13.2 Å². The fourth-order valence-corrected chi connectivity index (χ4v) is 4.38. The van der Waals surface area contributed by atoms with Crippen LogP contribution >= 0.6 is 0 Å². The maximum Gasteiger partial charge on any atom is 0.317 e. The number of morpholine rings is 1. The summed E-state index contributed by atoms with van der Waals surface area (Å²) in [6.07, 6.45) is 5.13. The van der Waals surface area contributed by atoms with Gasteiger partial charge in [-0.05, 0) is 19.3 Å². The largest absolute Gasteiger partial charge is 0.375 e. The molecule has 2 fully saturated rings. The molecule has 1 heterocycles. The number of hydrogen-bond acceptors (Lipinski definition) is 4. The zero-order valence-corrected chi connectivity index (χ0v) is 13.7. The van der Waals surface area contributed by atoms with Crippen molar-refractivity contribution in [1.29, 1.82) is 0 Å². The highest BCUT2D eigenvalue weighted by Gasteiger charge is 2.45. The maximum atomic E-state index is 12.2. The van der Waals surface area contributed by atoms with E-state index in [9.17, 15) is 13.2 Å². The number of rotatable bonds is 6. The zero-order valence-electron chi connectivity index (χ0n) is 12.9. The Morgan fingerprint density at radius 3 is 2.71 bits per heavy atom. The topological polar surface area (TPSA) is 75.7 Å². The van der Waals surface area contributed by atoms with E-state index in [0.717, 1.165) is 25.7 Å². The summed E-state index contributed by atoms with van der Waals surface area (Å²) in [7, 11) is -2.99. The third kappa shape index (κ3) is 5.14. The van der Waals surface area contributed by atoms with Crippen LogP contribution in [0.5, 0.6) is 0 Å². The average molecular weight is 318 g/mol. The van der Waals surface area contributed by atoms with E-state index in [2.05, 4.69) is 12.2 Å². The molecule has 1 aliphatic heterocycles. The van der Waals surface area contributed by atoms with E-state index in [4.69, 9.17) is 4.74 Å². The van der Waals surface area contributed by atoms with E-state index in [1.54, 1.807) is 4.90 Å². The molecule has 122 valence electrons. The van der Waals surface area contributed by atoms with Gasteiger partial charge in [-0.1, -0.05) is 13.3 Å². The minimum Gasteiger partial charge on any atom is -0.375 e. The minimum absolute atomic E-state index is 0.0980. The van der Waals surface area contributed by atoms with Crippen molar-refractivity contribution in [2.75, 3.05) is 38.2 Å². The monoisotopic (exact) mass is 318 g/mol. The fourth-order valence-electron chi connectivity index (χ4n) is 2.88. The molecule has 1 saturated heterocycles. The van der Waals surface area contributed by atoms with Gasteiger partial charge in [0.15, 0.2) is 0 Å². The van der Waals surface area contributed by atoms with E-state index in [1.165, 1.54) is 6.26 Å². The SMILES string of the molecule is CCCC1CN(C(=O)NCC2(CS(C)(=O)=O)CC2)CCO1. The van der Waals surface area contributed by atoms with Gasteiger partial charge in [-0.15, -0.1) is 0 Å². The predicted molar refractivity (Wildman–Crippen MR) is 81.0 cm³/mol. The average Bonchev–Trinajstić information content (AvgIpc) is 3.14. The first kappa shape index (κ1) is 16.5. The van der Waals surface area contributed by atoms with Gasteiger partial charge in [0.05, 0.1) is 18.5 Å². The zero-order chi connectivity index (χ0) is 15.5. The summed E-state index contributed by atoms with van der Waals surface area (Å²) < 4.78 is 28.4. The summed E-state index contributed by atoms with van der Waals surface area (Å²) in [5.74, 6) is 0.169. The molecular formula is C14H26N2O4S. The number of urea groups is 1. The normalized spacial score (nSPS) is 24.7. The molecule has 7 heteroatoms. The molecule has 0 aromatic heterocycles. The van der Waals surface area contributed by atoms with Crippen molar-refractivity contribution in [2.24, 2.45) is 5.41 Å². The third-order valence-electron chi connectivity index (χ3n) is 4.18. The van der Waals surface area contributed by atoms with Crippen LogP contribution in [0.2, 0.25) is 0 Å². The number of nitrogens with zero attached hydrogens (tertiary/aromatic N) is 1. The maximum absolute atomic E-state index is 12.2. The van der Waals surface area contributed by atoms with Gasteiger partial charge in [0.2, 0.25) is 0 Å². The minimum atomic E-state index is -2.99. The molecule has 1 N–H and O–H groups in total. The Labute approximate surface area is 127 Å². The van der Waals surface area contributed by atoms with Gasteiger partial charge in [0.1, 0.15) is 9.84 Å². The lowest BCUT2D eigenvalue weighted by atomic mass is 10.1. The Bertz CT molecular complexity index is 471. The van der Waals surface area contributed by atoms with Crippen LogP contribution in [-0.4, -0.2) is 63.7 Å². The summed E-state index contributed by atoms with van der Waals surface area (Å²) >= 11 is 0. The second-order valence-electron chi connectivity index (χ2n) is 6.46. The van der Waals surface area contributed by atoms with Crippen LogP contribution < -0.4 is 5.32 Å². The van der Waals surface area contributed by atoms with Crippen LogP contribution in [0.3, 0.4) is 0 Å². The fraction of sp³-hybridized carbons (Fsp3) is 0.929. The standard InChI is InChI=1S/C14H26N2O4S/c1-3-4-12-9-16(7-8-20-12)13(17)15-10-14(5-6-14)11-21(2,18)19/h12H,3-11H2,1-2H3,(H,15,17). The molecule has 21 heavy (non-hydrogen) atoms. The van der Waals surface area contributed by atoms with Gasteiger partial charge in [0, 0.05) is 31.3 Å². The number of carbonyl (C=O) groups excluding carboxylic acids is 1. The second-order valence-corrected chi connectivity index (χ2v) is 8.60. The lowest BCUT2D eigenvalue weighted by Crippen LogP contribution is -2.50. The van der Waals surface area contributed by atoms with Gasteiger partial charge in [0.25, 0.3) is 0 Å². The molecule has 1 aliphatic carbocycles. The molecule has 1 unspecified atom stereocenters. The summed E-state index contributed by atoms with van der Waals surface area (Å²) in [4.78, 5) is 14.0. The Hall–Kier alpha value is -0.820. The van der Waals surface area contributed by atoms with Crippen molar-refractivity contribution < 1.29 is 17.9 Å². The number of amides is 2. The molecule has 0 aromatic rings. The number of carbonyl (C=O) groups is 1. The molecule has 2 amide bonds. The molecule has 6 nitrogen and oxygen atoms in total. The molecule has 1 saturated carbocycles. The van der Waals surface area contributed by atoms with Crippen molar-refractivity contribution in [2.45, 2.75) is 38.7 Å². The van der Waals surface area contributed by atoms with Crippen molar-refractivity contribution in [1.82, 2.24) is 10.2 Å². The van der Waals surface area contributed by atoms with Gasteiger partial charge in [-0.3, -0.25) is 0 Å². The number of nitrogens with one attached hydrogen (secondary N) is 1. The number of sulfone groups is 1. The van der Waals surface area contributed by atoms with E-state index in [-0.39, 0.29) is 23.3 Å². The first-order valence-electron chi connectivity index (χ1n) is 7.66. The van der Waals surface area contributed by atoms with Gasteiger partial charge >= 0.3 is 6.03 Å². The Morgan fingerprint density at radius 2 is 2.14 bits per heavy atom. The Kier molecular flexibility index (Phi) is 5.14. The molecule has 0 aromatic carbocycles. The Balaban J connectivity index is 1.79. The van der Waals surface area contributed by atoms with Crippen molar-refractivity contribution in [3.63, 3.8) is 0 Å². The van der Waals surface area contributed by atoms with E-state index in [0.29, 0.717) is 26.2 Å². The number of ether oxygens (including phenoxy) is 1. The lowest BCUT2D eigenvalue weighted by Gasteiger charge is -2.33. The summed E-state index contributed by atoms with van der Waals surface area (Å²) in [6.45, 7) is 4.36. The molecule has 2 rings (SSSR count). The highest BCUT2D eigenvalue weighted by molar-refractivity contribution is 7.90. The van der Waals surface area contributed by atoms with Crippen LogP contribution in [-0.2, 0) is 14.6 Å². The smallest absolute Gasteiger partial charge is 0.317 e. The van der Waals surface area contributed by atoms with E-state index < -0.39 is 9.84 Å². The first-order valence-corrected chi connectivity index (χ1v) is 9.72. The van der Waals surface area contributed by atoms with Gasteiger partial charge < -0.3 is 15.0 Å². The highest BCUT2D eigenvalue weighted by Crippen LogP contribution is 2.46. The number of hydrogen-bond donors (Lipinski definition) is 1. The summed E-state index contributed by atoms with van der Waals surface area (Å²) in [6, 6.07) is -0.0980. The molecule has 2 aliphatic rings. The van der Waals surface area contributed by atoms with Crippen molar-refractivity contribution >= 4 is 15.9 Å². The Morgan fingerprint density at radius 1 is 1.43 bits per heavy atom. The molecule has 0 spiro atoms. The third-order valence-corrected chi connectivity index (χ3v) is 5.31. The van der Waals surface area contributed by atoms with Crippen LogP contribution in [0.1, 0.15) is 32.6 Å². The molecular weight excluding hydrogens is 292 g/mol. The van der Waals surface area contributed by atoms with E-state index in [1.807, 2.05) is 0 Å². The van der Waals surface area contributed by atoms with Crippen LogP contribution in [0.25, 0.3) is 0 Å². The predicted octanol–water partition coefficient (Wildman–Crippen LogP) is 1.02. The molecule has 1 atom stereocenters. The molecule has 0 radical (unpaired) electrons. The second kappa shape index (κ2) is 6.52. The lowest BCUT2D eigenvalue weighted by molar-refractivity contribution is -0.0182. The van der Waals surface area contributed by atoms with Crippen LogP contribution in [0, 0.1) is 5.41 Å². The van der Waals surface area contributed by atoms with E-state index >= 15 is 0 Å².